The number of aromatic carboxylic acids is 1. The van der Waals surface area contributed by atoms with Crippen LogP contribution in [0, 0.1) is 0 Å². The standard InChI is InChI=1S/C13H12O6S/c14-8(5-11(15)16)12(17)6-2-1-3-9-7(6)4-10(20-9)13(18)19/h1-4,8,12,14,17H,5H2,(H,15,16)(H,18,19). The van der Waals surface area contributed by atoms with E-state index in [9.17, 15) is 19.8 Å². The van der Waals surface area contributed by atoms with E-state index in [0.717, 1.165) is 11.3 Å². The highest BCUT2D eigenvalue weighted by Gasteiger charge is 2.23. The molecule has 1 aromatic heterocycles. The van der Waals surface area contributed by atoms with Crippen molar-refractivity contribution in [3.05, 3.63) is 34.7 Å². The molecular weight excluding hydrogens is 284 g/mol. The summed E-state index contributed by atoms with van der Waals surface area (Å²) in [6.45, 7) is 0. The average molecular weight is 296 g/mol. The lowest BCUT2D eigenvalue weighted by Crippen LogP contribution is -2.21. The van der Waals surface area contributed by atoms with Gasteiger partial charge in [0.25, 0.3) is 0 Å². The van der Waals surface area contributed by atoms with Crippen molar-refractivity contribution in [3.63, 3.8) is 0 Å². The Balaban J connectivity index is 2.43. The van der Waals surface area contributed by atoms with E-state index in [1.807, 2.05) is 0 Å². The molecule has 0 fully saturated rings. The largest absolute Gasteiger partial charge is 0.481 e. The molecule has 0 bridgehead atoms. The minimum absolute atomic E-state index is 0.118. The Morgan fingerprint density at radius 1 is 1.20 bits per heavy atom. The van der Waals surface area contributed by atoms with Gasteiger partial charge in [-0.3, -0.25) is 4.79 Å². The molecule has 0 aliphatic rings. The van der Waals surface area contributed by atoms with E-state index in [-0.39, 0.29) is 4.88 Å². The molecule has 2 aromatic rings. The summed E-state index contributed by atoms with van der Waals surface area (Å²) in [5, 5.41) is 37.8. The Morgan fingerprint density at radius 2 is 1.90 bits per heavy atom. The molecule has 0 amide bonds. The average Bonchev–Trinajstić information content (AvgIpc) is 2.80. The van der Waals surface area contributed by atoms with Crippen molar-refractivity contribution in [1.82, 2.24) is 0 Å². The third kappa shape index (κ3) is 2.79. The number of carboxylic acid groups (broad SMARTS) is 2. The normalized spacial score (nSPS) is 14.1. The summed E-state index contributed by atoms with van der Waals surface area (Å²) >= 11 is 1.05. The van der Waals surface area contributed by atoms with Gasteiger partial charge in [-0.15, -0.1) is 11.3 Å². The first kappa shape index (κ1) is 14.4. The molecule has 1 heterocycles. The number of hydrogen-bond acceptors (Lipinski definition) is 5. The Kier molecular flexibility index (Phi) is 4.03. The topological polar surface area (TPSA) is 115 Å². The number of carboxylic acids is 2. The van der Waals surface area contributed by atoms with Gasteiger partial charge in [-0.2, -0.15) is 0 Å². The molecule has 0 radical (unpaired) electrons. The van der Waals surface area contributed by atoms with Crippen LogP contribution in [0.2, 0.25) is 0 Å². The number of thiophene rings is 1. The van der Waals surface area contributed by atoms with Crippen molar-refractivity contribution in [2.24, 2.45) is 0 Å². The third-order valence-corrected chi connectivity index (χ3v) is 3.96. The van der Waals surface area contributed by atoms with Gasteiger partial charge in [0, 0.05) is 4.70 Å². The molecule has 2 unspecified atom stereocenters. The lowest BCUT2D eigenvalue weighted by molar-refractivity contribution is -0.141. The van der Waals surface area contributed by atoms with Crippen LogP contribution in [0.4, 0.5) is 0 Å². The molecule has 20 heavy (non-hydrogen) atoms. The van der Waals surface area contributed by atoms with Crippen molar-refractivity contribution in [2.45, 2.75) is 18.6 Å². The zero-order valence-electron chi connectivity index (χ0n) is 10.2. The summed E-state index contributed by atoms with van der Waals surface area (Å²) in [5.74, 6) is -2.29. The van der Waals surface area contributed by atoms with Crippen LogP contribution in [-0.2, 0) is 4.79 Å². The number of hydrogen-bond donors (Lipinski definition) is 4. The van der Waals surface area contributed by atoms with Gasteiger partial charge in [0.15, 0.2) is 0 Å². The Labute approximate surface area is 117 Å². The van der Waals surface area contributed by atoms with Gasteiger partial charge in [0.05, 0.1) is 12.5 Å². The van der Waals surface area contributed by atoms with E-state index in [1.54, 1.807) is 12.1 Å². The summed E-state index contributed by atoms with van der Waals surface area (Å²) in [7, 11) is 0. The molecule has 4 N–H and O–H groups in total. The molecule has 0 spiro atoms. The molecule has 0 aliphatic heterocycles. The number of benzene rings is 1. The van der Waals surface area contributed by atoms with Gasteiger partial charge >= 0.3 is 11.9 Å². The molecule has 6 nitrogen and oxygen atoms in total. The Bertz CT molecular complexity index is 662. The van der Waals surface area contributed by atoms with Crippen LogP contribution in [0.15, 0.2) is 24.3 Å². The van der Waals surface area contributed by atoms with Gasteiger partial charge < -0.3 is 20.4 Å². The minimum Gasteiger partial charge on any atom is -0.481 e. The summed E-state index contributed by atoms with van der Waals surface area (Å²) in [6.07, 6.45) is -3.43. The van der Waals surface area contributed by atoms with Crippen LogP contribution in [-0.4, -0.2) is 38.5 Å². The first-order chi connectivity index (χ1) is 9.40. The zero-order chi connectivity index (χ0) is 14.9. The van der Waals surface area contributed by atoms with E-state index in [2.05, 4.69) is 0 Å². The van der Waals surface area contributed by atoms with Crippen LogP contribution < -0.4 is 0 Å². The maximum atomic E-state index is 11.0. The van der Waals surface area contributed by atoms with Crippen molar-refractivity contribution < 1.29 is 30.0 Å². The number of aliphatic hydroxyl groups excluding tert-OH is 2. The third-order valence-electron chi connectivity index (χ3n) is 2.87. The van der Waals surface area contributed by atoms with Crippen LogP contribution in [0.1, 0.15) is 27.8 Å². The molecular formula is C13H12O6S. The van der Waals surface area contributed by atoms with Gasteiger partial charge in [-0.25, -0.2) is 4.79 Å². The minimum atomic E-state index is -1.45. The highest BCUT2D eigenvalue weighted by atomic mass is 32.1. The fraction of sp³-hybridized carbons (Fsp3) is 0.231. The lowest BCUT2D eigenvalue weighted by atomic mass is 9.99. The maximum Gasteiger partial charge on any atom is 0.345 e. The summed E-state index contributed by atoms with van der Waals surface area (Å²) in [5.41, 5.74) is 0.319. The molecule has 7 heteroatoms. The monoisotopic (exact) mass is 296 g/mol. The van der Waals surface area contributed by atoms with E-state index >= 15 is 0 Å². The summed E-state index contributed by atoms with van der Waals surface area (Å²) < 4.78 is 0.654. The number of carbonyl (C=O) groups is 2. The first-order valence-electron chi connectivity index (χ1n) is 5.74. The van der Waals surface area contributed by atoms with Gasteiger partial charge in [0.1, 0.15) is 11.0 Å². The van der Waals surface area contributed by atoms with Gasteiger partial charge in [-0.1, -0.05) is 12.1 Å². The number of aliphatic carboxylic acids is 1. The van der Waals surface area contributed by atoms with Crippen LogP contribution in [0.3, 0.4) is 0 Å². The lowest BCUT2D eigenvalue weighted by Gasteiger charge is -2.17. The zero-order valence-corrected chi connectivity index (χ0v) is 11.0. The predicted molar refractivity (Wildman–Crippen MR) is 72.0 cm³/mol. The van der Waals surface area contributed by atoms with Crippen LogP contribution in [0.5, 0.6) is 0 Å². The molecule has 106 valence electrons. The van der Waals surface area contributed by atoms with Crippen molar-refractivity contribution in [1.29, 1.82) is 0 Å². The molecule has 0 aliphatic carbocycles. The summed E-state index contributed by atoms with van der Waals surface area (Å²) in [4.78, 5) is 21.6. The SMILES string of the molecule is O=C(O)CC(O)C(O)c1cccc2sc(C(=O)O)cc12. The van der Waals surface area contributed by atoms with E-state index in [1.165, 1.54) is 12.1 Å². The van der Waals surface area contributed by atoms with Crippen LogP contribution >= 0.6 is 11.3 Å². The summed E-state index contributed by atoms with van der Waals surface area (Å²) in [6, 6.07) is 6.27. The molecule has 0 saturated heterocycles. The predicted octanol–water partition coefficient (Wildman–Crippen LogP) is 1.47. The van der Waals surface area contributed by atoms with Gasteiger partial charge in [-0.05, 0) is 23.1 Å². The quantitative estimate of drug-likeness (QED) is 0.664. The van der Waals surface area contributed by atoms with Crippen molar-refractivity contribution in [3.8, 4) is 0 Å². The first-order valence-corrected chi connectivity index (χ1v) is 6.55. The van der Waals surface area contributed by atoms with E-state index < -0.39 is 30.6 Å². The molecule has 1 aromatic carbocycles. The Morgan fingerprint density at radius 3 is 2.50 bits per heavy atom. The van der Waals surface area contributed by atoms with Crippen LogP contribution in [0.25, 0.3) is 10.1 Å². The van der Waals surface area contributed by atoms with E-state index in [4.69, 9.17) is 10.2 Å². The molecule has 2 rings (SSSR count). The van der Waals surface area contributed by atoms with Gasteiger partial charge in [0.2, 0.25) is 0 Å². The highest BCUT2D eigenvalue weighted by molar-refractivity contribution is 7.20. The fourth-order valence-corrected chi connectivity index (χ4v) is 2.88. The Hall–Kier alpha value is -1.96. The fourth-order valence-electron chi connectivity index (χ4n) is 1.94. The highest BCUT2D eigenvalue weighted by Crippen LogP contribution is 2.33. The second-order valence-electron chi connectivity index (χ2n) is 4.28. The second-order valence-corrected chi connectivity index (χ2v) is 5.37. The van der Waals surface area contributed by atoms with Crippen molar-refractivity contribution >= 4 is 33.4 Å². The van der Waals surface area contributed by atoms with E-state index in [0.29, 0.717) is 15.6 Å². The smallest absolute Gasteiger partial charge is 0.345 e. The second kappa shape index (κ2) is 5.58. The molecule has 2 atom stereocenters. The number of fused-ring (bicyclic) bond motifs is 1. The number of aliphatic hydroxyl groups is 2. The molecule has 0 saturated carbocycles. The van der Waals surface area contributed by atoms with Crippen molar-refractivity contribution in [2.75, 3.05) is 0 Å². The number of rotatable bonds is 5. The maximum absolute atomic E-state index is 11.0.